The van der Waals surface area contributed by atoms with Crippen LogP contribution in [0.1, 0.15) is 41.6 Å². The Morgan fingerprint density at radius 1 is 1.09 bits per heavy atom. The highest BCUT2D eigenvalue weighted by Gasteiger charge is 2.51. The predicted octanol–water partition coefficient (Wildman–Crippen LogP) is 4.99. The zero-order valence-electron chi connectivity index (χ0n) is 18.2. The first kappa shape index (κ1) is 19.3. The molecule has 33 heavy (non-hydrogen) atoms. The van der Waals surface area contributed by atoms with Gasteiger partial charge < -0.3 is 10.2 Å². The molecule has 1 aromatic carbocycles. The topological polar surface area (TPSA) is 58.1 Å². The third kappa shape index (κ3) is 2.88. The van der Waals surface area contributed by atoms with Crippen molar-refractivity contribution in [2.75, 3.05) is 11.9 Å². The van der Waals surface area contributed by atoms with Crippen LogP contribution in [0.2, 0.25) is 0 Å². The van der Waals surface area contributed by atoms with Crippen molar-refractivity contribution < 1.29 is 4.79 Å². The van der Waals surface area contributed by atoms with Crippen LogP contribution in [0.25, 0.3) is 10.9 Å². The molecule has 4 aliphatic rings. The number of anilines is 1. The first-order valence-electron chi connectivity index (χ1n) is 11.6. The second-order valence-corrected chi connectivity index (χ2v) is 10.1. The number of nitrogens with zero attached hydrogens (tertiary/aromatic N) is 3. The molecule has 2 aliphatic carbocycles. The van der Waals surface area contributed by atoms with Crippen molar-refractivity contribution in [2.24, 2.45) is 0 Å². The smallest absolute Gasteiger partial charge is 0.237 e. The zero-order valence-corrected chi connectivity index (χ0v) is 19.0. The number of benzene rings is 1. The van der Waals surface area contributed by atoms with Crippen molar-refractivity contribution >= 4 is 34.2 Å². The summed E-state index contributed by atoms with van der Waals surface area (Å²) in [4.78, 5) is 24.9. The third-order valence-electron chi connectivity index (χ3n) is 7.73. The summed E-state index contributed by atoms with van der Waals surface area (Å²) in [6.45, 7) is 1.85. The molecule has 0 fully saturated rings. The normalized spacial score (nSPS) is 23.1. The van der Waals surface area contributed by atoms with Crippen LogP contribution >= 0.6 is 11.6 Å². The summed E-state index contributed by atoms with van der Waals surface area (Å²) < 4.78 is 0. The molecule has 1 unspecified atom stereocenters. The Balaban J connectivity index is 1.21. The Hall–Kier alpha value is -3.18. The molecule has 2 aliphatic heterocycles. The summed E-state index contributed by atoms with van der Waals surface area (Å²) in [5.41, 5.74) is 7.84. The Labute approximate surface area is 197 Å². The van der Waals surface area contributed by atoms with E-state index >= 15 is 0 Å². The van der Waals surface area contributed by atoms with Gasteiger partial charge in [0, 0.05) is 34.4 Å². The highest BCUT2D eigenvalue weighted by molar-refractivity contribution is 6.29. The maximum Gasteiger partial charge on any atom is 0.237 e. The van der Waals surface area contributed by atoms with Crippen molar-refractivity contribution in [2.45, 2.75) is 44.1 Å². The number of aromatic nitrogens is 2. The molecule has 1 N–H and O–H groups in total. The number of hydrogen-bond acceptors (Lipinski definition) is 4. The minimum atomic E-state index is -0.541. The molecule has 4 heterocycles. The van der Waals surface area contributed by atoms with Gasteiger partial charge >= 0.3 is 0 Å². The number of hydrogen-bond donors (Lipinski definition) is 1. The van der Waals surface area contributed by atoms with Gasteiger partial charge in [0.2, 0.25) is 5.91 Å². The molecule has 7 rings (SSSR count). The fraction of sp³-hybridized carbons (Fsp3) is 0.296. The number of nitrogens with one attached hydrogen (secondary N) is 1. The zero-order chi connectivity index (χ0) is 22.2. The second-order valence-electron chi connectivity index (χ2n) is 9.64. The number of carbonyl (C=O) groups excluding carboxylic acids is 1. The molecule has 0 radical (unpaired) electrons. The SMILES string of the molecule is O=C1Nc2ncccc2C12Cc1cc3ccc(CN4CCC5=C4CCC(Cl)=C5)nc3cc1C2. The van der Waals surface area contributed by atoms with E-state index in [1.165, 1.54) is 22.4 Å². The average molecular weight is 455 g/mol. The molecular formula is C27H23ClN4O. The van der Waals surface area contributed by atoms with Crippen molar-refractivity contribution in [1.82, 2.24) is 14.9 Å². The number of halogens is 1. The lowest BCUT2D eigenvalue weighted by Gasteiger charge is -2.24. The Morgan fingerprint density at radius 3 is 2.88 bits per heavy atom. The summed E-state index contributed by atoms with van der Waals surface area (Å²) >= 11 is 6.25. The Morgan fingerprint density at radius 2 is 1.97 bits per heavy atom. The van der Waals surface area contributed by atoms with E-state index in [0.29, 0.717) is 18.7 Å². The van der Waals surface area contributed by atoms with Gasteiger partial charge in [-0.15, -0.1) is 0 Å². The molecule has 0 bridgehead atoms. The standard InChI is InChI=1S/C27H23ClN4O/c28-20-4-6-24-17(11-20)7-9-32(24)15-21-5-3-16-10-18-13-27(14-19(18)12-23(16)30-21)22-2-1-8-29-25(22)31-26(27)33/h1-3,5,8,10-12H,4,6-7,9,13-15H2,(H,29,31,33). The van der Waals surface area contributed by atoms with E-state index in [1.54, 1.807) is 6.20 Å². The van der Waals surface area contributed by atoms with Crippen LogP contribution in [0.5, 0.6) is 0 Å². The highest BCUT2D eigenvalue weighted by atomic mass is 35.5. The summed E-state index contributed by atoms with van der Waals surface area (Å²) in [6.07, 6.45) is 8.31. The van der Waals surface area contributed by atoms with Crippen molar-refractivity contribution in [3.05, 3.63) is 87.4 Å². The molecule has 0 saturated heterocycles. The molecule has 3 aromatic rings. The van der Waals surface area contributed by atoms with Crippen molar-refractivity contribution in [3.63, 3.8) is 0 Å². The number of allylic oxidation sites excluding steroid dienone is 3. The maximum absolute atomic E-state index is 13.0. The van der Waals surface area contributed by atoms with Crippen LogP contribution in [0.15, 0.2) is 65.0 Å². The molecule has 1 atom stereocenters. The molecule has 5 nitrogen and oxygen atoms in total. The van der Waals surface area contributed by atoms with Gasteiger partial charge in [-0.25, -0.2) is 4.98 Å². The van der Waals surface area contributed by atoms with Crippen molar-refractivity contribution in [3.8, 4) is 0 Å². The van der Waals surface area contributed by atoms with Crippen LogP contribution in [-0.2, 0) is 29.6 Å². The van der Waals surface area contributed by atoms with Gasteiger partial charge in [-0.05, 0) is 79.1 Å². The van der Waals surface area contributed by atoms with Gasteiger partial charge in [0.1, 0.15) is 5.82 Å². The molecule has 1 spiro atoms. The minimum absolute atomic E-state index is 0.0600. The summed E-state index contributed by atoms with van der Waals surface area (Å²) in [5.74, 6) is 0.767. The third-order valence-corrected chi connectivity index (χ3v) is 8.03. The van der Waals surface area contributed by atoms with Gasteiger partial charge in [-0.1, -0.05) is 23.7 Å². The van der Waals surface area contributed by atoms with Gasteiger partial charge in [0.05, 0.1) is 23.2 Å². The fourth-order valence-electron chi connectivity index (χ4n) is 6.11. The van der Waals surface area contributed by atoms with E-state index in [2.05, 4.69) is 45.5 Å². The van der Waals surface area contributed by atoms with Gasteiger partial charge in [-0.3, -0.25) is 9.78 Å². The quantitative estimate of drug-likeness (QED) is 0.592. The fourth-order valence-corrected chi connectivity index (χ4v) is 6.33. The van der Waals surface area contributed by atoms with Crippen LogP contribution < -0.4 is 5.32 Å². The molecule has 1 amide bonds. The number of rotatable bonds is 2. The van der Waals surface area contributed by atoms with E-state index in [0.717, 1.165) is 59.5 Å². The minimum Gasteiger partial charge on any atom is -0.368 e. The summed E-state index contributed by atoms with van der Waals surface area (Å²) in [7, 11) is 0. The average Bonchev–Trinajstić information content (AvgIpc) is 3.46. The van der Waals surface area contributed by atoms with Gasteiger partial charge in [0.25, 0.3) is 0 Å². The Kier molecular flexibility index (Phi) is 4.04. The number of fused-ring (bicyclic) bond motifs is 4. The first-order valence-corrected chi connectivity index (χ1v) is 12.0. The van der Waals surface area contributed by atoms with Crippen LogP contribution in [-0.4, -0.2) is 27.3 Å². The lowest BCUT2D eigenvalue weighted by atomic mass is 9.79. The van der Waals surface area contributed by atoms with Gasteiger partial charge in [-0.2, -0.15) is 0 Å². The molecular weight excluding hydrogens is 432 g/mol. The van der Waals surface area contributed by atoms with Crippen molar-refractivity contribution in [1.29, 1.82) is 0 Å². The summed E-state index contributed by atoms with van der Waals surface area (Å²) in [5, 5.41) is 5.10. The summed E-state index contributed by atoms with van der Waals surface area (Å²) in [6, 6.07) is 12.7. The molecule has 2 aromatic heterocycles. The lowest BCUT2D eigenvalue weighted by Crippen LogP contribution is -2.35. The number of carbonyl (C=O) groups is 1. The van der Waals surface area contributed by atoms with Crippen LogP contribution in [0, 0.1) is 0 Å². The van der Waals surface area contributed by atoms with Gasteiger partial charge in [0.15, 0.2) is 0 Å². The van der Waals surface area contributed by atoms with E-state index in [-0.39, 0.29) is 5.91 Å². The monoisotopic (exact) mass is 454 g/mol. The van der Waals surface area contributed by atoms with E-state index < -0.39 is 5.41 Å². The first-order chi connectivity index (χ1) is 16.1. The highest BCUT2D eigenvalue weighted by Crippen LogP contribution is 2.47. The molecule has 6 heteroatoms. The molecule has 164 valence electrons. The predicted molar refractivity (Wildman–Crippen MR) is 129 cm³/mol. The van der Waals surface area contributed by atoms with Crippen LogP contribution in [0.3, 0.4) is 0 Å². The van der Waals surface area contributed by atoms with E-state index in [4.69, 9.17) is 16.6 Å². The maximum atomic E-state index is 13.0. The number of amides is 1. The number of pyridine rings is 2. The second kappa shape index (κ2) is 6.91. The van der Waals surface area contributed by atoms with Crippen LogP contribution in [0.4, 0.5) is 5.82 Å². The largest absolute Gasteiger partial charge is 0.368 e. The lowest BCUT2D eigenvalue weighted by molar-refractivity contribution is -0.120. The Bertz CT molecular complexity index is 1420. The van der Waals surface area contributed by atoms with E-state index in [9.17, 15) is 4.79 Å². The van der Waals surface area contributed by atoms with E-state index in [1.807, 2.05) is 12.1 Å². The molecule has 0 saturated carbocycles.